The lowest BCUT2D eigenvalue weighted by molar-refractivity contribution is 0.724. The normalized spacial score (nSPS) is 23.4. The summed E-state index contributed by atoms with van der Waals surface area (Å²) in [6.07, 6.45) is 5.93. The van der Waals surface area contributed by atoms with Crippen LogP contribution < -0.4 is 4.90 Å². The van der Waals surface area contributed by atoms with E-state index in [1.54, 1.807) is 6.08 Å². The Morgan fingerprint density at radius 3 is 3.05 bits per heavy atom. The molecule has 1 saturated carbocycles. The van der Waals surface area contributed by atoms with E-state index in [-0.39, 0.29) is 0 Å². The van der Waals surface area contributed by atoms with Crippen molar-refractivity contribution in [3.05, 3.63) is 53.9 Å². The number of hydrogen-bond donors (Lipinski definition) is 0. The van der Waals surface area contributed by atoms with Crippen LogP contribution in [0.15, 0.2) is 47.7 Å². The third-order valence-electron chi connectivity index (χ3n) is 4.55. The molecule has 0 aromatic heterocycles. The van der Waals surface area contributed by atoms with Crippen LogP contribution in [0.3, 0.4) is 0 Å². The fourth-order valence-corrected chi connectivity index (χ4v) is 3.11. The molecule has 0 saturated heterocycles. The van der Waals surface area contributed by atoms with E-state index in [1.165, 1.54) is 17.7 Å². The van der Waals surface area contributed by atoms with Crippen molar-refractivity contribution in [2.75, 3.05) is 11.4 Å². The maximum atomic E-state index is 9.14. The summed E-state index contributed by atoms with van der Waals surface area (Å²) in [6.45, 7) is 9.00. The molecule has 0 spiro atoms. The topological polar surface area (TPSA) is 39.4 Å². The van der Waals surface area contributed by atoms with E-state index in [2.05, 4.69) is 37.5 Å². The summed E-state index contributed by atoms with van der Waals surface area (Å²) in [5.41, 5.74) is 4.35. The van der Waals surface area contributed by atoms with Crippen LogP contribution in [-0.4, -0.2) is 12.3 Å². The average Bonchev–Trinajstić information content (AvgIpc) is 3.32. The highest BCUT2D eigenvalue weighted by Gasteiger charge is 2.45. The molecule has 112 valence electrons. The smallest absolute Gasteiger partial charge is 0.132 e. The second-order valence-electron chi connectivity index (χ2n) is 6.06. The average molecular weight is 291 g/mol. The molecule has 3 heteroatoms. The largest absolute Gasteiger partial charge is 0.326 e. The summed E-state index contributed by atoms with van der Waals surface area (Å²) in [5.74, 6) is 2.26. The Kier molecular flexibility index (Phi) is 3.85. The molecule has 22 heavy (non-hydrogen) atoms. The first-order chi connectivity index (χ1) is 10.7. The van der Waals surface area contributed by atoms with Gasteiger partial charge in [0.15, 0.2) is 0 Å². The van der Waals surface area contributed by atoms with Gasteiger partial charge in [-0.25, -0.2) is 4.99 Å². The highest BCUT2D eigenvalue weighted by atomic mass is 15.2. The number of nitrogens with zero attached hydrogens (tertiary/aromatic N) is 3. The van der Waals surface area contributed by atoms with E-state index >= 15 is 0 Å². The Balaban J connectivity index is 2.05. The predicted octanol–water partition coefficient (Wildman–Crippen LogP) is 4.38. The second kappa shape index (κ2) is 5.81. The highest BCUT2D eigenvalue weighted by Crippen LogP contribution is 2.55. The number of hydrogen-bond acceptors (Lipinski definition) is 3. The van der Waals surface area contributed by atoms with Gasteiger partial charge in [-0.05, 0) is 61.4 Å². The van der Waals surface area contributed by atoms with Crippen molar-refractivity contribution < 1.29 is 0 Å². The summed E-state index contributed by atoms with van der Waals surface area (Å²) in [5, 5.41) is 9.14. The van der Waals surface area contributed by atoms with Crippen LogP contribution in [0, 0.1) is 17.2 Å². The van der Waals surface area contributed by atoms with Gasteiger partial charge in [-0.15, -0.1) is 0 Å². The first-order valence-corrected chi connectivity index (χ1v) is 7.86. The summed E-state index contributed by atoms with van der Waals surface area (Å²) in [7, 11) is 0. The van der Waals surface area contributed by atoms with E-state index < -0.39 is 0 Å². The molecule has 0 bridgehead atoms. The van der Waals surface area contributed by atoms with E-state index in [4.69, 9.17) is 10.3 Å². The Bertz CT molecular complexity index is 706. The van der Waals surface area contributed by atoms with E-state index in [9.17, 15) is 0 Å². The maximum absolute atomic E-state index is 9.14. The number of rotatable bonds is 4. The number of allylic oxidation sites excluding steroid dienone is 2. The van der Waals surface area contributed by atoms with Crippen molar-refractivity contribution in [2.45, 2.75) is 32.6 Å². The Morgan fingerprint density at radius 2 is 2.36 bits per heavy atom. The zero-order chi connectivity index (χ0) is 15.7. The van der Waals surface area contributed by atoms with Crippen LogP contribution in [0.25, 0.3) is 0 Å². The Morgan fingerprint density at radius 1 is 1.55 bits per heavy atom. The Hall–Kier alpha value is -2.34. The minimum atomic E-state index is 0.626. The van der Waals surface area contributed by atoms with Crippen LogP contribution in [-0.2, 0) is 0 Å². The maximum Gasteiger partial charge on any atom is 0.132 e. The van der Waals surface area contributed by atoms with E-state index in [1.807, 2.05) is 18.2 Å². The van der Waals surface area contributed by atoms with Gasteiger partial charge in [0.25, 0.3) is 0 Å². The van der Waals surface area contributed by atoms with Gasteiger partial charge in [0.05, 0.1) is 11.6 Å². The molecular formula is C19H21N3. The molecule has 1 aromatic carbocycles. The minimum Gasteiger partial charge on any atom is -0.326 e. The summed E-state index contributed by atoms with van der Waals surface area (Å²) >= 11 is 0. The molecule has 1 fully saturated rings. The van der Waals surface area contributed by atoms with Gasteiger partial charge >= 0.3 is 0 Å². The SMILES string of the molecule is C=C/C=C(\N=C(\C)CC)N1CC2CC2c2cc(C#N)ccc21. The van der Waals surface area contributed by atoms with Crippen molar-refractivity contribution in [3.8, 4) is 6.07 Å². The molecule has 2 aliphatic rings. The molecule has 2 atom stereocenters. The lowest BCUT2D eigenvalue weighted by Gasteiger charge is -2.31. The van der Waals surface area contributed by atoms with Gasteiger partial charge in [-0.3, -0.25) is 0 Å². The summed E-state index contributed by atoms with van der Waals surface area (Å²) < 4.78 is 0. The molecule has 1 aromatic rings. The first kappa shape index (κ1) is 14.6. The zero-order valence-electron chi connectivity index (χ0n) is 13.2. The molecule has 2 unspecified atom stereocenters. The zero-order valence-corrected chi connectivity index (χ0v) is 13.2. The van der Waals surface area contributed by atoms with Crippen molar-refractivity contribution >= 4 is 11.4 Å². The highest BCUT2D eigenvalue weighted by molar-refractivity contribution is 5.83. The molecule has 3 rings (SSSR count). The van der Waals surface area contributed by atoms with Gasteiger partial charge in [0.1, 0.15) is 5.82 Å². The lowest BCUT2D eigenvalue weighted by atomic mass is 9.99. The molecule has 3 nitrogen and oxygen atoms in total. The molecule has 1 heterocycles. The summed E-state index contributed by atoms with van der Waals surface area (Å²) in [6, 6.07) is 8.26. The van der Waals surface area contributed by atoms with Crippen LogP contribution in [0.2, 0.25) is 0 Å². The molecule has 0 radical (unpaired) electrons. The minimum absolute atomic E-state index is 0.626. The van der Waals surface area contributed by atoms with Gasteiger partial charge in [0.2, 0.25) is 0 Å². The molecule has 1 aliphatic heterocycles. The standard InChI is InChI=1S/C19H21N3/c1-4-6-19(21-13(3)5-2)22-12-15-10-16(15)17-9-14(11-20)7-8-18(17)22/h4,6-9,15-16H,1,5,10,12H2,2-3H3/b19-6+,21-13-. The van der Waals surface area contributed by atoms with Crippen LogP contribution in [0.5, 0.6) is 0 Å². The van der Waals surface area contributed by atoms with Crippen molar-refractivity contribution in [1.82, 2.24) is 0 Å². The van der Waals surface area contributed by atoms with Crippen LogP contribution in [0.1, 0.15) is 43.7 Å². The number of nitriles is 1. The quantitative estimate of drug-likeness (QED) is 0.610. The van der Waals surface area contributed by atoms with E-state index in [0.29, 0.717) is 11.8 Å². The number of anilines is 1. The van der Waals surface area contributed by atoms with Crippen molar-refractivity contribution in [3.63, 3.8) is 0 Å². The first-order valence-electron chi connectivity index (χ1n) is 7.86. The van der Waals surface area contributed by atoms with Gasteiger partial charge in [0, 0.05) is 17.9 Å². The molecule has 1 aliphatic carbocycles. The lowest BCUT2D eigenvalue weighted by Crippen LogP contribution is -2.29. The van der Waals surface area contributed by atoms with Crippen LogP contribution in [0.4, 0.5) is 5.69 Å². The van der Waals surface area contributed by atoms with Gasteiger partial charge in [-0.2, -0.15) is 5.26 Å². The second-order valence-corrected chi connectivity index (χ2v) is 6.06. The number of aliphatic imine (C=N–C) groups is 1. The van der Waals surface area contributed by atoms with Gasteiger partial charge in [-0.1, -0.05) is 19.6 Å². The molecule has 0 amide bonds. The predicted molar refractivity (Wildman–Crippen MR) is 91.0 cm³/mol. The van der Waals surface area contributed by atoms with Crippen LogP contribution >= 0.6 is 0 Å². The summed E-state index contributed by atoms with van der Waals surface area (Å²) in [4.78, 5) is 7.05. The molecular weight excluding hydrogens is 270 g/mol. The third kappa shape index (κ3) is 2.57. The van der Waals surface area contributed by atoms with Crippen molar-refractivity contribution in [2.24, 2.45) is 10.9 Å². The van der Waals surface area contributed by atoms with E-state index in [0.717, 1.165) is 30.1 Å². The number of fused-ring (bicyclic) bond motifs is 3. The third-order valence-corrected chi connectivity index (χ3v) is 4.55. The molecule has 0 N–H and O–H groups in total. The Labute approximate surface area is 132 Å². The number of benzene rings is 1. The fourth-order valence-electron chi connectivity index (χ4n) is 3.11. The van der Waals surface area contributed by atoms with Crippen molar-refractivity contribution in [1.29, 1.82) is 5.26 Å². The fraction of sp³-hybridized carbons (Fsp3) is 0.368. The van der Waals surface area contributed by atoms with Gasteiger partial charge < -0.3 is 4.90 Å². The monoisotopic (exact) mass is 291 g/mol.